The third kappa shape index (κ3) is 4.65. The number of likely N-dealkylation sites (tertiary alicyclic amines) is 2. The molecule has 0 spiro atoms. The first-order valence-corrected chi connectivity index (χ1v) is 11.7. The Kier molecular flexibility index (Phi) is 6.52. The number of cyclic esters (lactones) is 1. The van der Waals surface area contributed by atoms with Crippen LogP contribution in [0.1, 0.15) is 65.2 Å². The Balaban J connectivity index is 1.26. The predicted molar refractivity (Wildman–Crippen MR) is 110 cm³/mol. The summed E-state index contributed by atoms with van der Waals surface area (Å²) in [5, 5.41) is 0. The monoisotopic (exact) mass is 407 g/mol. The quantitative estimate of drug-likeness (QED) is 0.717. The van der Waals surface area contributed by atoms with Gasteiger partial charge in [0.15, 0.2) is 0 Å². The highest BCUT2D eigenvalue weighted by Gasteiger charge is 2.43. The molecular formula is C22H37N3O4. The zero-order valence-corrected chi connectivity index (χ0v) is 18.1. The number of rotatable bonds is 3. The second-order valence-corrected chi connectivity index (χ2v) is 9.51. The maximum Gasteiger partial charge on any atom is 0.410 e. The molecule has 0 aromatic carbocycles. The number of amides is 2. The summed E-state index contributed by atoms with van der Waals surface area (Å²) in [6, 6.07) is 1.26. The van der Waals surface area contributed by atoms with Crippen molar-refractivity contribution in [3.8, 4) is 0 Å². The summed E-state index contributed by atoms with van der Waals surface area (Å²) in [5.41, 5.74) is 0. The molecule has 1 unspecified atom stereocenters. The van der Waals surface area contributed by atoms with Crippen LogP contribution in [0.3, 0.4) is 0 Å². The van der Waals surface area contributed by atoms with E-state index >= 15 is 0 Å². The number of hydrogen-bond donors (Lipinski definition) is 0. The smallest absolute Gasteiger partial charge is 0.410 e. The standard InChI is InChI=1S/C22H37N3O4/c1-16(2)29-21(26)24-13-7-18(8-14-24)23-11-9-19(10-12-23)25-20-6-4-3-5-17(20)15-28-22(25)27/h16-20H,3-15H2,1-2H3/t17-,20?/m1/s1. The minimum atomic E-state index is -0.178. The van der Waals surface area contributed by atoms with Gasteiger partial charge in [0.2, 0.25) is 0 Å². The number of fused-ring (bicyclic) bond motifs is 1. The van der Waals surface area contributed by atoms with Gasteiger partial charge in [0, 0.05) is 50.2 Å². The van der Waals surface area contributed by atoms with Crippen molar-refractivity contribution in [2.24, 2.45) is 5.92 Å². The molecule has 1 aliphatic carbocycles. The van der Waals surface area contributed by atoms with Gasteiger partial charge in [-0.3, -0.25) is 0 Å². The van der Waals surface area contributed by atoms with E-state index in [2.05, 4.69) is 9.80 Å². The van der Waals surface area contributed by atoms with E-state index < -0.39 is 0 Å². The molecule has 0 N–H and O–H groups in total. The van der Waals surface area contributed by atoms with Gasteiger partial charge in [-0.05, 0) is 52.4 Å². The lowest BCUT2D eigenvalue weighted by Crippen LogP contribution is -2.59. The van der Waals surface area contributed by atoms with Crippen molar-refractivity contribution < 1.29 is 19.1 Å². The van der Waals surface area contributed by atoms with E-state index in [-0.39, 0.29) is 18.3 Å². The number of hydrogen-bond acceptors (Lipinski definition) is 5. The molecule has 2 atom stereocenters. The van der Waals surface area contributed by atoms with Gasteiger partial charge >= 0.3 is 12.2 Å². The topological polar surface area (TPSA) is 62.3 Å². The van der Waals surface area contributed by atoms with Crippen LogP contribution in [0.15, 0.2) is 0 Å². The van der Waals surface area contributed by atoms with Crippen LogP contribution in [0, 0.1) is 5.92 Å². The fourth-order valence-electron chi connectivity index (χ4n) is 5.78. The molecule has 0 bridgehead atoms. The molecule has 2 amide bonds. The van der Waals surface area contributed by atoms with Crippen LogP contribution in [-0.2, 0) is 9.47 Å². The summed E-state index contributed by atoms with van der Waals surface area (Å²) in [7, 11) is 0. The summed E-state index contributed by atoms with van der Waals surface area (Å²) < 4.78 is 10.9. The molecule has 4 aliphatic rings. The lowest BCUT2D eigenvalue weighted by molar-refractivity contribution is -0.0408. The molecule has 7 nitrogen and oxygen atoms in total. The normalized spacial score (nSPS) is 30.2. The van der Waals surface area contributed by atoms with Gasteiger partial charge in [-0.25, -0.2) is 9.59 Å². The minimum absolute atomic E-state index is 0.0653. The Labute approximate surface area is 174 Å². The molecule has 4 fully saturated rings. The largest absolute Gasteiger partial charge is 0.449 e. The molecule has 164 valence electrons. The lowest BCUT2D eigenvalue weighted by atomic mass is 9.82. The second-order valence-electron chi connectivity index (χ2n) is 9.51. The fraction of sp³-hybridized carbons (Fsp3) is 0.909. The van der Waals surface area contributed by atoms with Gasteiger partial charge in [-0.15, -0.1) is 0 Å². The maximum absolute atomic E-state index is 12.5. The van der Waals surface area contributed by atoms with Gasteiger partial charge in [-0.2, -0.15) is 0 Å². The van der Waals surface area contributed by atoms with Crippen LogP contribution in [0.25, 0.3) is 0 Å². The molecule has 3 heterocycles. The highest BCUT2D eigenvalue weighted by molar-refractivity contribution is 5.69. The molecule has 29 heavy (non-hydrogen) atoms. The molecule has 1 saturated carbocycles. The number of carbonyl (C=O) groups is 2. The van der Waals surface area contributed by atoms with E-state index in [0.717, 1.165) is 58.3 Å². The summed E-state index contributed by atoms with van der Waals surface area (Å²) in [4.78, 5) is 31.2. The number of ether oxygens (including phenoxy) is 2. The van der Waals surface area contributed by atoms with Gasteiger partial charge in [0.1, 0.15) is 0 Å². The van der Waals surface area contributed by atoms with Crippen molar-refractivity contribution in [2.45, 2.75) is 89.4 Å². The Bertz CT molecular complexity index is 583. The van der Waals surface area contributed by atoms with E-state index in [9.17, 15) is 9.59 Å². The molecule has 7 heteroatoms. The SMILES string of the molecule is CC(C)OC(=O)N1CCC(N2CCC(N3C(=O)OC[C@H]4CCCCC43)CC2)CC1. The van der Waals surface area contributed by atoms with Crippen LogP contribution in [0.2, 0.25) is 0 Å². The van der Waals surface area contributed by atoms with E-state index in [1.165, 1.54) is 19.3 Å². The van der Waals surface area contributed by atoms with Crippen LogP contribution >= 0.6 is 0 Å². The zero-order chi connectivity index (χ0) is 20.4. The van der Waals surface area contributed by atoms with Gasteiger partial charge < -0.3 is 24.2 Å². The van der Waals surface area contributed by atoms with Gasteiger partial charge in [0.25, 0.3) is 0 Å². The summed E-state index contributed by atoms with van der Waals surface area (Å²) in [5.74, 6) is 0.536. The second kappa shape index (κ2) is 9.11. The highest BCUT2D eigenvalue weighted by atomic mass is 16.6. The molecule has 4 rings (SSSR count). The lowest BCUT2D eigenvalue weighted by Gasteiger charge is -2.49. The Morgan fingerprint density at radius 3 is 2.31 bits per heavy atom. The molecule has 3 aliphatic heterocycles. The van der Waals surface area contributed by atoms with Crippen LogP contribution in [0.5, 0.6) is 0 Å². The van der Waals surface area contributed by atoms with Crippen molar-refractivity contribution in [3.05, 3.63) is 0 Å². The zero-order valence-electron chi connectivity index (χ0n) is 18.1. The van der Waals surface area contributed by atoms with Crippen molar-refractivity contribution in [2.75, 3.05) is 32.8 Å². The first-order chi connectivity index (χ1) is 14.0. The van der Waals surface area contributed by atoms with Gasteiger partial charge in [0.05, 0.1) is 12.7 Å². The van der Waals surface area contributed by atoms with Gasteiger partial charge in [-0.1, -0.05) is 12.8 Å². The number of piperidine rings is 2. The average molecular weight is 408 g/mol. The predicted octanol–water partition coefficient (Wildman–Crippen LogP) is 3.47. The number of nitrogens with zero attached hydrogens (tertiary/aromatic N) is 3. The average Bonchev–Trinajstić information content (AvgIpc) is 2.73. The van der Waals surface area contributed by atoms with Crippen LogP contribution in [-0.4, -0.2) is 83.9 Å². The Morgan fingerprint density at radius 2 is 1.62 bits per heavy atom. The number of carbonyl (C=O) groups excluding carboxylic acids is 2. The fourth-order valence-corrected chi connectivity index (χ4v) is 5.78. The van der Waals surface area contributed by atoms with Crippen molar-refractivity contribution in [3.63, 3.8) is 0 Å². The maximum atomic E-state index is 12.5. The molecule has 0 radical (unpaired) electrons. The molecule has 3 saturated heterocycles. The Morgan fingerprint density at radius 1 is 0.966 bits per heavy atom. The van der Waals surface area contributed by atoms with Crippen molar-refractivity contribution in [1.29, 1.82) is 0 Å². The van der Waals surface area contributed by atoms with E-state index in [1.807, 2.05) is 18.7 Å². The van der Waals surface area contributed by atoms with E-state index in [0.29, 0.717) is 30.7 Å². The summed E-state index contributed by atoms with van der Waals surface area (Å²) in [6.45, 7) is 8.03. The first kappa shape index (κ1) is 20.8. The Hall–Kier alpha value is -1.50. The minimum Gasteiger partial charge on any atom is -0.449 e. The van der Waals surface area contributed by atoms with Crippen molar-refractivity contribution in [1.82, 2.24) is 14.7 Å². The summed E-state index contributed by atoms with van der Waals surface area (Å²) >= 11 is 0. The van der Waals surface area contributed by atoms with Crippen LogP contribution < -0.4 is 0 Å². The summed E-state index contributed by atoms with van der Waals surface area (Å²) in [6.07, 6.45) is 8.62. The van der Waals surface area contributed by atoms with Crippen molar-refractivity contribution >= 4 is 12.2 Å². The third-order valence-electron chi connectivity index (χ3n) is 7.33. The molecule has 0 aromatic heterocycles. The van der Waals surface area contributed by atoms with E-state index in [4.69, 9.17) is 9.47 Å². The molecular weight excluding hydrogens is 370 g/mol. The van der Waals surface area contributed by atoms with Crippen LogP contribution in [0.4, 0.5) is 9.59 Å². The first-order valence-electron chi connectivity index (χ1n) is 11.7. The molecule has 0 aromatic rings. The highest BCUT2D eigenvalue weighted by Crippen LogP contribution is 2.36. The van der Waals surface area contributed by atoms with E-state index in [1.54, 1.807) is 0 Å². The third-order valence-corrected chi connectivity index (χ3v) is 7.33.